The van der Waals surface area contributed by atoms with Crippen molar-refractivity contribution < 1.29 is 4.79 Å². The molecular weight excluding hydrogens is 394 g/mol. The van der Waals surface area contributed by atoms with E-state index in [2.05, 4.69) is 71.6 Å². The third-order valence-electron chi connectivity index (χ3n) is 7.47. The highest BCUT2D eigenvalue weighted by molar-refractivity contribution is 5.98. The van der Waals surface area contributed by atoms with Crippen molar-refractivity contribution in [1.82, 2.24) is 9.47 Å². The highest BCUT2D eigenvalue weighted by atomic mass is 16.2. The fraction of sp³-hybridized carbons (Fsp3) is 0.250. The van der Waals surface area contributed by atoms with E-state index in [0.717, 1.165) is 49.1 Å². The number of nitrogens with zero attached hydrogens (tertiary/aromatic N) is 3. The summed E-state index contributed by atoms with van der Waals surface area (Å²) < 4.78 is 2.03. The van der Waals surface area contributed by atoms with Gasteiger partial charge in [-0.15, -0.1) is 0 Å². The summed E-state index contributed by atoms with van der Waals surface area (Å²) in [6, 6.07) is 29.7. The molecule has 0 N–H and O–H groups in total. The van der Waals surface area contributed by atoms with E-state index in [1.807, 2.05) is 34.7 Å². The number of aromatic nitrogens is 1. The summed E-state index contributed by atoms with van der Waals surface area (Å²) in [5.41, 5.74) is 5.97. The zero-order valence-electron chi connectivity index (χ0n) is 18.4. The minimum absolute atomic E-state index is 0.0993. The van der Waals surface area contributed by atoms with Crippen LogP contribution in [-0.2, 0) is 12.5 Å². The number of piperidine rings is 1. The number of aryl methyl sites for hydroxylation is 1. The Morgan fingerprint density at radius 2 is 1.53 bits per heavy atom. The Hall–Kier alpha value is -3.53. The van der Waals surface area contributed by atoms with E-state index in [-0.39, 0.29) is 11.3 Å². The largest absolute Gasteiger partial charge is 0.340 e. The predicted molar refractivity (Wildman–Crippen MR) is 130 cm³/mol. The van der Waals surface area contributed by atoms with Crippen molar-refractivity contribution in [2.24, 2.45) is 7.05 Å². The number of rotatable bonds is 2. The van der Waals surface area contributed by atoms with E-state index in [1.54, 1.807) is 0 Å². The van der Waals surface area contributed by atoms with Crippen LogP contribution in [0.1, 0.15) is 28.9 Å². The van der Waals surface area contributed by atoms with E-state index in [1.165, 1.54) is 16.9 Å². The Balaban J connectivity index is 1.27. The lowest BCUT2D eigenvalue weighted by atomic mass is 9.74. The minimum atomic E-state index is 0.0993. The third kappa shape index (κ3) is 2.86. The van der Waals surface area contributed by atoms with Gasteiger partial charge in [-0.2, -0.15) is 0 Å². The summed E-state index contributed by atoms with van der Waals surface area (Å²) in [7, 11) is 1.99. The molecule has 3 heterocycles. The van der Waals surface area contributed by atoms with Gasteiger partial charge in [0.15, 0.2) is 0 Å². The quantitative estimate of drug-likeness (QED) is 0.427. The molecule has 32 heavy (non-hydrogen) atoms. The maximum Gasteiger partial charge on any atom is 0.270 e. The Morgan fingerprint density at radius 1 is 0.844 bits per heavy atom. The number of anilines is 2. The van der Waals surface area contributed by atoms with Gasteiger partial charge >= 0.3 is 0 Å². The number of hydrogen-bond acceptors (Lipinski definition) is 2. The summed E-state index contributed by atoms with van der Waals surface area (Å²) >= 11 is 0. The lowest BCUT2D eigenvalue weighted by Crippen LogP contribution is -2.47. The highest BCUT2D eigenvalue weighted by Crippen LogP contribution is 2.49. The first-order valence-corrected chi connectivity index (χ1v) is 11.4. The zero-order valence-corrected chi connectivity index (χ0v) is 18.4. The van der Waals surface area contributed by atoms with Gasteiger partial charge in [0.2, 0.25) is 0 Å². The number of fused-ring (bicyclic) bond motifs is 3. The van der Waals surface area contributed by atoms with Crippen molar-refractivity contribution >= 4 is 28.2 Å². The molecule has 2 aliphatic heterocycles. The van der Waals surface area contributed by atoms with Crippen LogP contribution in [0, 0.1) is 0 Å². The van der Waals surface area contributed by atoms with Gasteiger partial charge in [-0.25, -0.2) is 0 Å². The first-order chi connectivity index (χ1) is 15.7. The van der Waals surface area contributed by atoms with Crippen LogP contribution in [0.2, 0.25) is 0 Å². The summed E-state index contributed by atoms with van der Waals surface area (Å²) in [6.07, 6.45) is 1.98. The molecular formula is C28H27N3O. The van der Waals surface area contributed by atoms with E-state index in [0.29, 0.717) is 0 Å². The number of carbonyl (C=O) groups is 1. The first kappa shape index (κ1) is 19.2. The Bertz CT molecular complexity index is 1300. The van der Waals surface area contributed by atoms with Gasteiger partial charge in [-0.05, 0) is 48.7 Å². The standard InChI is InChI=1S/C28H27N3O/c1-29-24-13-7-5-9-21(24)19-26(29)27(32)30-17-15-28(16-18-30)20-31(22-10-3-2-4-11-22)25-14-8-6-12-23(25)28/h2-14,19H,15-18,20H2,1H3. The molecule has 1 amide bonds. The Labute approximate surface area is 188 Å². The molecule has 4 heteroatoms. The lowest BCUT2D eigenvalue weighted by molar-refractivity contribution is 0.0665. The molecule has 4 aromatic rings. The van der Waals surface area contributed by atoms with Crippen molar-refractivity contribution in [2.45, 2.75) is 18.3 Å². The van der Waals surface area contributed by atoms with Crippen LogP contribution in [0.4, 0.5) is 11.4 Å². The molecule has 4 nitrogen and oxygen atoms in total. The minimum Gasteiger partial charge on any atom is -0.340 e. The monoisotopic (exact) mass is 421 g/mol. The number of para-hydroxylation sites is 3. The highest BCUT2D eigenvalue weighted by Gasteiger charge is 2.45. The van der Waals surface area contributed by atoms with Crippen LogP contribution in [0.15, 0.2) is 84.9 Å². The fourth-order valence-electron chi connectivity index (χ4n) is 5.69. The molecule has 0 radical (unpaired) electrons. The molecule has 3 aromatic carbocycles. The maximum absolute atomic E-state index is 13.4. The van der Waals surface area contributed by atoms with Gasteiger partial charge in [-0.3, -0.25) is 4.79 Å². The topological polar surface area (TPSA) is 28.5 Å². The van der Waals surface area contributed by atoms with E-state index < -0.39 is 0 Å². The normalized spacial score (nSPS) is 17.2. The average molecular weight is 422 g/mol. The molecule has 0 bridgehead atoms. The summed E-state index contributed by atoms with van der Waals surface area (Å²) in [6.45, 7) is 2.56. The zero-order chi connectivity index (χ0) is 21.7. The second kappa shape index (κ2) is 7.27. The molecule has 1 spiro atoms. The Morgan fingerprint density at radius 3 is 2.31 bits per heavy atom. The van der Waals surface area contributed by atoms with Crippen molar-refractivity contribution in [3.05, 3.63) is 96.2 Å². The molecule has 0 aliphatic carbocycles. The van der Waals surface area contributed by atoms with Crippen molar-refractivity contribution in [3.63, 3.8) is 0 Å². The number of amides is 1. The fourth-order valence-corrected chi connectivity index (χ4v) is 5.69. The molecule has 0 atom stereocenters. The van der Waals surface area contributed by atoms with Crippen molar-refractivity contribution in [2.75, 3.05) is 24.5 Å². The van der Waals surface area contributed by atoms with Crippen LogP contribution in [-0.4, -0.2) is 35.0 Å². The van der Waals surface area contributed by atoms with Crippen LogP contribution in [0.25, 0.3) is 10.9 Å². The smallest absolute Gasteiger partial charge is 0.270 e. The lowest BCUT2D eigenvalue weighted by Gasteiger charge is -2.40. The second-order valence-electron chi connectivity index (χ2n) is 9.16. The number of likely N-dealkylation sites (tertiary alicyclic amines) is 1. The van der Waals surface area contributed by atoms with Crippen molar-refractivity contribution in [3.8, 4) is 0 Å². The molecule has 1 saturated heterocycles. The SMILES string of the molecule is Cn1c(C(=O)N2CCC3(CC2)CN(c2ccccc2)c2ccccc23)cc2ccccc21. The van der Waals surface area contributed by atoms with E-state index >= 15 is 0 Å². The average Bonchev–Trinajstić information content (AvgIpc) is 3.36. The van der Waals surface area contributed by atoms with Crippen LogP contribution in [0.3, 0.4) is 0 Å². The number of hydrogen-bond donors (Lipinski definition) is 0. The van der Waals surface area contributed by atoms with Gasteiger partial charge in [0, 0.05) is 54.4 Å². The first-order valence-electron chi connectivity index (χ1n) is 11.4. The molecule has 0 saturated carbocycles. The van der Waals surface area contributed by atoms with Gasteiger partial charge in [-0.1, -0.05) is 54.6 Å². The molecule has 0 unspecified atom stereocenters. The third-order valence-corrected chi connectivity index (χ3v) is 7.47. The predicted octanol–water partition coefficient (Wildman–Crippen LogP) is 5.50. The molecule has 2 aliphatic rings. The summed E-state index contributed by atoms with van der Waals surface area (Å²) in [5, 5.41) is 1.12. The van der Waals surface area contributed by atoms with Gasteiger partial charge < -0.3 is 14.4 Å². The molecule has 160 valence electrons. The van der Waals surface area contributed by atoms with E-state index in [9.17, 15) is 4.79 Å². The maximum atomic E-state index is 13.4. The summed E-state index contributed by atoms with van der Waals surface area (Å²) in [5.74, 6) is 0.143. The number of benzene rings is 3. The van der Waals surface area contributed by atoms with Gasteiger partial charge in [0.05, 0.1) is 0 Å². The van der Waals surface area contributed by atoms with Crippen LogP contribution >= 0.6 is 0 Å². The van der Waals surface area contributed by atoms with Crippen LogP contribution < -0.4 is 4.90 Å². The number of carbonyl (C=O) groups excluding carboxylic acids is 1. The van der Waals surface area contributed by atoms with E-state index in [4.69, 9.17) is 0 Å². The second-order valence-corrected chi connectivity index (χ2v) is 9.16. The van der Waals surface area contributed by atoms with Gasteiger partial charge in [0.25, 0.3) is 5.91 Å². The molecule has 6 rings (SSSR count). The van der Waals surface area contributed by atoms with Crippen molar-refractivity contribution in [1.29, 1.82) is 0 Å². The molecule has 1 fully saturated rings. The summed E-state index contributed by atoms with van der Waals surface area (Å²) in [4.78, 5) is 17.9. The molecule has 1 aromatic heterocycles. The Kier molecular flexibility index (Phi) is 4.35. The van der Waals surface area contributed by atoms with Crippen LogP contribution in [0.5, 0.6) is 0 Å². The van der Waals surface area contributed by atoms with Gasteiger partial charge in [0.1, 0.15) is 5.69 Å².